The SMILES string of the molecule is Cn1c(=O)oc2ccc(CNC(=O)c3ccc(F)cc3)cc21. The van der Waals surface area contributed by atoms with Crippen LogP contribution in [0.25, 0.3) is 11.1 Å². The van der Waals surface area contributed by atoms with Crippen LogP contribution in [0, 0.1) is 5.82 Å². The first kappa shape index (κ1) is 14.1. The normalized spacial score (nSPS) is 10.8. The fourth-order valence-electron chi connectivity index (χ4n) is 2.17. The van der Waals surface area contributed by atoms with Gasteiger partial charge in [0.2, 0.25) is 0 Å². The van der Waals surface area contributed by atoms with Gasteiger partial charge in [-0.3, -0.25) is 9.36 Å². The molecule has 3 rings (SSSR count). The molecule has 0 bridgehead atoms. The Morgan fingerprint density at radius 2 is 1.95 bits per heavy atom. The second-order valence-electron chi connectivity index (χ2n) is 4.92. The molecule has 0 aliphatic heterocycles. The second-order valence-corrected chi connectivity index (χ2v) is 4.92. The molecule has 22 heavy (non-hydrogen) atoms. The number of rotatable bonds is 3. The highest BCUT2D eigenvalue weighted by molar-refractivity contribution is 5.94. The fourth-order valence-corrected chi connectivity index (χ4v) is 2.17. The molecule has 0 spiro atoms. The van der Waals surface area contributed by atoms with Crippen LogP contribution >= 0.6 is 0 Å². The number of oxazole rings is 1. The van der Waals surface area contributed by atoms with Gasteiger partial charge in [-0.25, -0.2) is 9.18 Å². The van der Waals surface area contributed by atoms with E-state index >= 15 is 0 Å². The Bertz CT molecular complexity index is 894. The van der Waals surface area contributed by atoms with Crippen LogP contribution in [0.3, 0.4) is 0 Å². The number of halogens is 1. The lowest BCUT2D eigenvalue weighted by molar-refractivity contribution is 0.0951. The molecule has 1 aromatic heterocycles. The molecular weight excluding hydrogens is 287 g/mol. The Kier molecular flexibility index (Phi) is 3.50. The van der Waals surface area contributed by atoms with Crippen molar-refractivity contribution >= 4 is 17.0 Å². The van der Waals surface area contributed by atoms with E-state index in [1.54, 1.807) is 25.2 Å². The number of carbonyl (C=O) groups is 1. The fraction of sp³-hybridized carbons (Fsp3) is 0.125. The van der Waals surface area contributed by atoms with Crippen molar-refractivity contribution in [3.05, 3.63) is 70.0 Å². The molecule has 0 aliphatic carbocycles. The van der Waals surface area contributed by atoms with Gasteiger partial charge in [-0.2, -0.15) is 0 Å². The highest BCUT2D eigenvalue weighted by Crippen LogP contribution is 2.14. The van der Waals surface area contributed by atoms with Crippen molar-refractivity contribution < 1.29 is 13.6 Å². The molecule has 0 saturated heterocycles. The van der Waals surface area contributed by atoms with Crippen LogP contribution in [0.1, 0.15) is 15.9 Å². The summed E-state index contributed by atoms with van der Waals surface area (Å²) in [6, 6.07) is 10.6. The summed E-state index contributed by atoms with van der Waals surface area (Å²) in [6.45, 7) is 0.297. The lowest BCUT2D eigenvalue weighted by atomic mass is 10.2. The maximum absolute atomic E-state index is 12.8. The molecule has 1 N–H and O–H groups in total. The molecule has 0 atom stereocenters. The highest BCUT2D eigenvalue weighted by Gasteiger charge is 2.08. The zero-order valence-electron chi connectivity index (χ0n) is 11.8. The van der Waals surface area contributed by atoms with Crippen LogP contribution in [-0.2, 0) is 13.6 Å². The minimum Gasteiger partial charge on any atom is -0.408 e. The first-order valence-corrected chi connectivity index (χ1v) is 6.67. The summed E-state index contributed by atoms with van der Waals surface area (Å²) in [5, 5.41) is 2.75. The molecule has 1 amide bonds. The Hall–Kier alpha value is -2.89. The highest BCUT2D eigenvalue weighted by atomic mass is 19.1. The van der Waals surface area contributed by atoms with E-state index in [1.807, 2.05) is 0 Å². The van der Waals surface area contributed by atoms with Gasteiger partial charge in [0.25, 0.3) is 5.91 Å². The zero-order chi connectivity index (χ0) is 15.7. The van der Waals surface area contributed by atoms with Crippen LogP contribution in [0.5, 0.6) is 0 Å². The average molecular weight is 300 g/mol. The number of hydrogen-bond donors (Lipinski definition) is 1. The maximum atomic E-state index is 12.8. The van der Waals surface area contributed by atoms with Crippen LogP contribution in [-0.4, -0.2) is 10.5 Å². The summed E-state index contributed by atoms with van der Waals surface area (Å²) in [6.07, 6.45) is 0. The summed E-state index contributed by atoms with van der Waals surface area (Å²) >= 11 is 0. The van der Waals surface area contributed by atoms with Gasteiger partial charge in [0.05, 0.1) is 5.52 Å². The first-order valence-electron chi connectivity index (χ1n) is 6.67. The molecule has 112 valence electrons. The lowest BCUT2D eigenvalue weighted by Crippen LogP contribution is -2.22. The number of nitrogens with one attached hydrogen (secondary N) is 1. The van der Waals surface area contributed by atoms with Crippen molar-refractivity contribution in [1.29, 1.82) is 0 Å². The second kappa shape index (κ2) is 5.48. The topological polar surface area (TPSA) is 64.2 Å². The molecule has 3 aromatic rings. The van der Waals surface area contributed by atoms with E-state index in [1.165, 1.54) is 28.8 Å². The molecule has 1 heterocycles. The Morgan fingerprint density at radius 3 is 2.68 bits per heavy atom. The van der Waals surface area contributed by atoms with E-state index in [0.29, 0.717) is 23.2 Å². The number of nitrogens with zero attached hydrogens (tertiary/aromatic N) is 1. The first-order chi connectivity index (χ1) is 10.5. The molecule has 6 heteroatoms. The van der Waals surface area contributed by atoms with Crippen molar-refractivity contribution in [2.75, 3.05) is 0 Å². The molecule has 5 nitrogen and oxygen atoms in total. The molecule has 0 radical (unpaired) electrons. The molecule has 0 fully saturated rings. The standard InChI is InChI=1S/C16H13FN2O3/c1-19-13-8-10(2-7-14(13)22-16(19)21)9-18-15(20)11-3-5-12(17)6-4-11/h2-8H,9H2,1H3,(H,18,20). The minimum atomic E-state index is -0.428. The van der Waals surface area contributed by atoms with Crippen molar-refractivity contribution in [3.63, 3.8) is 0 Å². The Balaban J connectivity index is 1.76. The number of amides is 1. The van der Waals surface area contributed by atoms with Crippen LogP contribution < -0.4 is 11.1 Å². The van der Waals surface area contributed by atoms with E-state index in [2.05, 4.69) is 5.32 Å². The number of fused-ring (bicyclic) bond motifs is 1. The number of aromatic nitrogens is 1. The Labute approximate surface area is 125 Å². The van der Waals surface area contributed by atoms with Gasteiger partial charge < -0.3 is 9.73 Å². The number of benzene rings is 2. The van der Waals surface area contributed by atoms with Crippen LogP contribution in [0.4, 0.5) is 4.39 Å². The summed E-state index contributed by atoms with van der Waals surface area (Å²) in [5.74, 6) is -1.11. The smallest absolute Gasteiger partial charge is 0.408 e. The zero-order valence-corrected chi connectivity index (χ0v) is 11.8. The van der Waals surface area contributed by atoms with Crippen molar-refractivity contribution in [3.8, 4) is 0 Å². The molecule has 0 saturated carbocycles. The summed E-state index contributed by atoms with van der Waals surface area (Å²) in [7, 11) is 1.62. The van der Waals surface area contributed by atoms with Crippen LogP contribution in [0.2, 0.25) is 0 Å². The summed E-state index contributed by atoms with van der Waals surface area (Å²) in [4.78, 5) is 23.4. The number of aryl methyl sites for hydroxylation is 1. The van der Waals surface area contributed by atoms with E-state index in [4.69, 9.17) is 4.42 Å². The minimum absolute atomic E-state index is 0.291. The number of hydrogen-bond acceptors (Lipinski definition) is 3. The Morgan fingerprint density at radius 1 is 1.23 bits per heavy atom. The van der Waals surface area contributed by atoms with E-state index in [-0.39, 0.29) is 11.7 Å². The quantitative estimate of drug-likeness (QED) is 0.806. The third-order valence-electron chi connectivity index (χ3n) is 3.42. The predicted octanol–water partition coefficient (Wildman–Crippen LogP) is 2.20. The molecular formula is C16H13FN2O3. The summed E-state index contributed by atoms with van der Waals surface area (Å²) in [5.41, 5.74) is 2.39. The van der Waals surface area contributed by atoms with E-state index in [9.17, 15) is 14.0 Å². The molecule has 0 aliphatic rings. The third-order valence-corrected chi connectivity index (χ3v) is 3.42. The van der Waals surface area contributed by atoms with Gasteiger partial charge in [-0.05, 0) is 42.0 Å². The van der Waals surface area contributed by atoms with E-state index in [0.717, 1.165) is 5.56 Å². The van der Waals surface area contributed by atoms with Gasteiger partial charge in [-0.15, -0.1) is 0 Å². The third kappa shape index (κ3) is 2.63. The average Bonchev–Trinajstić information content (AvgIpc) is 2.80. The van der Waals surface area contributed by atoms with Gasteiger partial charge >= 0.3 is 5.76 Å². The van der Waals surface area contributed by atoms with Crippen molar-refractivity contribution in [2.24, 2.45) is 7.05 Å². The lowest BCUT2D eigenvalue weighted by Gasteiger charge is -2.05. The van der Waals surface area contributed by atoms with Gasteiger partial charge in [0, 0.05) is 19.2 Å². The van der Waals surface area contributed by atoms with Crippen molar-refractivity contribution in [1.82, 2.24) is 9.88 Å². The largest absolute Gasteiger partial charge is 0.419 e. The molecule has 0 unspecified atom stereocenters. The monoisotopic (exact) mass is 300 g/mol. The van der Waals surface area contributed by atoms with Gasteiger partial charge in [0.1, 0.15) is 5.82 Å². The van der Waals surface area contributed by atoms with Gasteiger partial charge in [0.15, 0.2) is 5.58 Å². The summed E-state index contributed by atoms with van der Waals surface area (Å²) < 4.78 is 19.3. The van der Waals surface area contributed by atoms with E-state index < -0.39 is 5.76 Å². The maximum Gasteiger partial charge on any atom is 0.419 e. The molecule has 2 aromatic carbocycles. The predicted molar refractivity (Wildman–Crippen MR) is 79.0 cm³/mol. The van der Waals surface area contributed by atoms with Gasteiger partial charge in [-0.1, -0.05) is 6.07 Å². The number of carbonyl (C=O) groups excluding carboxylic acids is 1. The van der Waals surface area contributed by atoms with Crippen molar-refractivity contribution in [2.45, 2.75) is 6.54 Å². The van der Waals surface area contributed by atoms with Crippen LogP contribution in [0.15, 0.2) is 51.7 Å².